The van der Waals surface area contributed by atoms with Gasteiger partial charge < -0.3 is 10.5 Å². The van der Waals surface area contributed by atoms with Crippen LogP contribution in [0.4, 0.5) is 0 Å². The Morgan fingerprint density at radius 1 is 1.27 bits per heavy atom. The van der Waals surface area contributed by atoms with Crippen LogP contribution >= 0.6 is 0 Å². The van der Waals surface area contributed by atoms with Crippen LogP contribution in [0.2, 0.25) is 0 Å². The Kier molecular flexibility index (Phi) is 3.86. The van der Waals surface area contributed by atoms with Crippen molar-refractivity contribution >= 4 is 5.97 Å². The van der Waals surface area contributed by atoms with Gasteiger partial charge in [0.2, 0.25) is 0 Å². The van der Waals surface area contributed by atoms with Gasteiger partial charge in [0.05, 0.1) is 6.42 Å². The summed E-state index contributed by atoms with van der Waals surface area (Å²) in [6, 6.07) is 4.00. The van der Waals surface area contributed by atoms with Crippen LogP contribution in [0.25, 0.3) is 0 Å². The summed E-state index contributed by atoms with van der Waals surface area (Å²) in [5.41, 5.74) is 8.42. The fourth-order valence-corrected chi connectivity index (χ4v) is 1.61. The molecule has 0 bridgehead atoms. The summed E-state index contributed by atoms with van der Waals surface area (Å²) in [5.74, 6) is 0.395. The number of esters is 1. The molecule has 0 aliphatic carbocycles. The molecule has 0 unspecified atom stereocenters. The smallest absolute Gasteiger partial charge is 0.312 e. The van der Waals surface area contributed by atoms with E-state index in [1.165, 1.54) is 5.56 Å². The van der Waals surface area contributed by atoms with Crippen LogP contribution in [0, 0.1) is 20.8 Å². The Morgan fingerprint density at radius 2 is 1.80 bits per heavy atom. The molecule has 2 N–H and O–H groups in total. The van der Waals surface area contributed by atoms with Gasteiger partial charge in [-0.05, 0) is 31.9 Å². The van der Waals surface area contributed by atoms with Gasteiger partial charge in [-0.15, -0.1) is 0 Å². The van der Waals surface area contributed by atoms with Gasteiger partial charge in [-0.25, -0.2) is 0 Å². The zero-order valence-electron chi connectivity index (χ0n) is 9.46. The number of hydrogen-bond acceptors (Lipinski definition) is 3. The van der Waals surface area contributed by atoms with Gasteiger partial charge in [-0.1, -0.05) is 17.7 Å². The van der Waals surface area contributed by atoms with Gasteiger partial charge in [0.1, 0.15) is 5.75 Å². The highest BCUT2D eigenvalue weighted by molar-refractivity contribution is 5.73. The van der Waals surface area contributed by atoms with Gasteiger partial charge in [0.25, 0.3) is 0 Å². The number of nitrogens with two attached hydrogens (primary N) is 1. The normalized spacial score (nSPS) is 10.1. The maximum atomic E-state index is 11.3. The molecule has 15 heavy (non-hydrogen) atoms. The van der Waals surface area contributed by atoms with Gasteiger partial charge in [0, 0.05) is 6.54 Å². The molecule has 3 heteroatoms. The van der Waals surface area contributed by atoms with E-state index >= 15 is 0 Å². The largest absolute Gasteiger partial charge is 0.426 e. The number of benzene rings is 1. The maximum absolute atomic E-state index is 11.3. The minimum absolute atomic E-state index is 0.257. The first-order valence-corrected chi connectivity index (χ1v) is 5.03. The molecule has 1 aromatic rings. The first kappa shape index (κ1) is 11.7. The molecule has 0 aliphatic rings. The number of carbonyl (C=O) groups excluding carboxylic acids is 1. The standard InChI is InChI=1S/C12H17NO2/c1-8-6-9(2)12(10(3)7-8)15-11(14)4-5-13/h6-7H,4-5,13H2,1-3H3. The Morgan fingerprint density at radius 3 is 2.27 bits per heavy atom. The second-order valence-electron chi connectivity index (χ2n) is 3.74. The highest BCUT2D eigenvalue weighted by atomic mass is 16.5. The molecular weight excluding hydrogens is 190 g/mol. The van der Waals surface area contributed by atoms with Crippen molar-refractivity contribution in [2.75, 3.05) is 6.54 Å². The summed E-state index contributed by atoms with van der Waals surface area (Å²) in [6.45, 7) is 6.21. The zero-order chi connectivity index (χ0) is 11.4. The van der Waals surface area contributed by atoms with E-state index in [4.69, 9.17) is 10.5 Å². The summed E-state index contributed by atoms with van der Waals surface area (Å²) in [5, 5.41) is 0. The molecule has 0 heterocycles. The van der Waals surface area contributed by atoms with Crippen molar-refractivity contribution in [2.24, 2.45) is 5.73 Å². The van der Waals surface area contributed by atoms with Crippen LogP contribution in [0.1, 0.15) is 23.1 Å². The van der Waals surface area contributed by atoms with E-state index in [0.717, 1.165) is 11.1 Å². The van der Waals surface area contributed by atoms with Crippen molar-refractivity contribution in [1.29, 1.82) is 0 Å². The molecule has 82 valence electrons. The van der Waals surface area contributed by atoms with Crippen molar-refractivity contribution < 1.29 is 9.53 Å². The molecular formula is C12H17NO2. The van der Waals surface area contributed by atoms with Gasteiger partial charge in [0.15, 0.2) is 0 Å². The SMILES string of the molecule is Cc1cc(C)c(OC(=O)CCN)c(C)c1. The minimum atomic E-state index is -0.271. The predicted octanol–water partition coefficient (Wildman–Crippen LogP) is 1.87. The molecule has 0 radical (unpaired) electrons. The van der Waals surface area contributed by atoms with E-state index in [1.807, 2.05) is 32.9 Å². The van der Waals surface area contributed by atoms with E-state index in [-0.39, 0.29) is 12.4 Å². The maximum Gasteiger partial charge on any atom is 0.312 e. The molecule has 0 saturated carbocycles. The lowest BCUT2D eigenvalue weighted by Gasteiger charge is -2.11. The first-order valence-electron chi connectivity index (χ1n) is 5.03. The fourth-order valence-electron chi connectivity index (χ4n) is 1.61. The molecule has 0 spiro atoms. The van der Waals surface area contributed by atoms with Gasteiger partial charge >= 0.3 is 5.97 Å². The Hall–Kier alpha value is -1.35. The number of ether oxygens (including phenoxy) is 1. The van der Waals surface area contributed by atoms with E-state index in [9.17, 15) is 4.79 Å². The molecule has 0 atom stereocenters. The molecule has 0 fully saturated rings. The van der Waals surface area contributed by atoms with E-state index in [2.05, 4.69) is 0 Å². The minimum Gasteiger partial charge on any atom is -0.426 e. The Balaban J connectivity index is 2.90. The second kappa shape index (κ2) is 4.94. The second-order valence-corrected chi connectivity index (χ2v) is 3.74. The highest BCUT2D eigenvalue weighted by Gasteiger charge is 2.09. The molecule has 0 aliphatic heterocycles. The molecule has 1 rings (SSSR count). The lowest BCUT2D eigenvalue weighted by molar-refractivity contribution is -0.134. The van der Waals surface area contributed by atoms with E-state index in [1.54, 1.807) is 0 Å². The average molecular weight is 207 g/mol. The summed E-state index contributed by atoms with van der Waals surface area (Å²) in [7, 11) is 0. The van der Waals surface area contributed by atoms with Crippen molar-refractivity contribution in [1.82, 2.24) is 0 Å². The van der Waals surface area contributed by atoms with Crippen LogP contribution in [0.5, 0.6) is 5.75 Å². The van der Waals surface area contributed by atoms with Crippen LogP contribution < -0.4 is 10.5 Å². The Labute approximate surface area is 90.2 Å². The molecule has 0 amide bonds. The van der Waals surface area contributed by atoms with Gasteiger partial charge in [-0.3, -0.25) is 4.79 Å². The molecule has 1 aromatic carbocycles. The quantitative estimate of drug-likeness (QED) is 0.608. The van der Waals surface area contributed by atoms with Crippen LogP contribution in [-0.2, 0) is 4.79 Å². The predicted molar refractivity (Wildman–Crippen MR) is 60.0 cm³/mol. The van der Waals surface area contributed by atoms with Crippen LogP contribution in [0.3, 0.4) is 0 Å². The highest BCUT2D eigenvalue weighted by Crippen LogP contribution is 2.24. The third-order valence-electron chi connectivity index (χ3n) is 2.17. The Bertz CT molecular complexity index is 349. The molecule has 3 nitrogen and oxygen atoms in total. The van der Waals surface area contributed by atoms with E-state index < -0.39 is 0 Å². The fraction of sp³-hybridized carbons (Fsp3) is 0.417. The van der Waals surface area contributed by atoms with Crippen molar-refractivity contribution in [3.8, 4) is 5.75 Å². The lowest BCUT2D eigenvalue weighted by Crippen LogP contribution is -2.14. The lowest BCUT2D eigenvalue weighted by atomic mass is 10.1. The van der Waals surface area contributed by atoms with Crippen molar-refractivity contribution in [2.45, 2.75) is 27.2 Å². The average Bonchev–Trinajstić information content (AvgIpc) is 2.11. The zero-order valence-corrected chi connectivity index (χ0v) is 9.46. The monoisotopic (exact) mass is 207 g/mol. The third kappa shape index (κ3) is 3.06. The summed E-state index contributed by atoms with van der Waals surface area (Å²) < 4.78 is 5.25. The number of hydrogen-bond donors (Lipinski definition) is 1. The van der Waals surface area contributed by atoms with Crippen molar-refractivity contribution in [3.63, 3.8) is 0 Å². The molecule has 0 aromatic heterocycles. The first-order chi connectivity index (χ1) is 7.04. The molecule has 0 saturated heterocycles. The summed E-state index contributed by atoms with van der Waals surface area (Å²) >= 11 is 0. The van der Waals surface area contributed by atoms with Crippen LogP contribution in [-0.4, -0.2) is 12.5 Å². The van der Waals surface area contributed by atoms with Crippen molar-refractivity contribution in [3.05, 3.63) is 28.8 Å². The summed E-state index contributed by atoms with van der Waals surface area (Å²) in [6.07, 6.45) is 0.257. The number of rotatable bonds is 3. The number of carbonyl (C=O) groups is 1. The van der Waals surface area contributed by atoms with E-state index in [0.29, 0.717) is 12.3 Å². The third-order valence-corrected chi connectivity index (χ3v) is 2.17. The van der Waals surface area contributed by atoms with Crippen LogP contribution in [0.15, 0.2) is 12.1 Å². The summed E-state index contributed by atoms with van der Waals surface area (Å²) in [4.78, 5) is 11.3. The topological polar surface area (TPSA) is 52.3 Å². The number of aryl methyl sites for hydroxylation is 3. The van der Waals surface area contributed by atoms with Gasteiger partial charge in [-0.2, -0.15) is 0 Å².